The summed E-state index contributed by atoms with van der Waals surface area (Å²) in [5.41, 5.74) is 3.96. The first-order valence-electron chi connectivity index (χ1n) is 12.9. The van der Waals surface area contributed by atoms with Gasteiger partial charge in [0.05, 0.1) is 43.0 Å². The molecule has 0 N–H and O–H groups in total. The molecular formula is C31H24Br2Cl2N2O4S. The maximum atomic E-state index is 14.0. The fraction of sp³-hybridized carbons (Fsp3) is 0.194. The summed E-state index contributed by atoms with van der Waals surface area (Å²) in [6.45, 7) is 5.95. The number of benzene rings is 3. The molecule has 0 unspecified atom stereocenters. The second-order valence-electron chi connectivity index (χ2n) is 9.56. The summed E-state index contributed by atoms with van der Waals surface area (Å²) in [5, 5.41) is 0.904. The van der Waals surface area contributed by atoms with Crippen LogP contribution in [0, 0.1) is 6.92 Å². The van der Waals surface area contributed by atoms with Crippen molar-refractivity contribution in [1.29, 1.82) is 0 Å². The van der Waals surface area contributed by atoms with Gasteiger partial charge in [0.2, 0.25) is 0 Å². The molecule has 1 aliphatic heterocycles. The molecule has 0 aliphatic carbocycles. The second-order valence-corrected chi connectivity index (χ2v) is 13.1. The summed E-state index contributed by atoms with van der Waals surface area (Å²) >= 11 is 20.7. The number of nitrogens with zero attached hydrogens (tertiary/aromatic N) is 2. The smallest absolute Gasteiger partial charge is 0.338 e. The molecule has 3 aromatic carbocycles. The molecule has 0 bridgehead atoms. The maximum Gasteiger partial charge on any atom is 0.338 e. The van der Waals surface area contributed by atoms with E-state index in [1.54, 1.807) is 36.6 Å². The zero-order valence-electron chi connectivity index (χ0n) is 22.7. The minimum Gasteiger partial charge on any atom is -0.487 e. The number of fused-ring (bicyclic) bond motifs is 1. The molecule has 0 saturated carbocycles. The van der Waals surface area contributed by atoms with Crippen molar-refractivity contribution < 1.29 is 14.3 Å². The summed E-state index contributed by atoms with van der Waals surface area (Å²) in [6, 6.07) is 16.1. The molecule has 0 amide bonds. The third kappa shape index (κ3) is 6.31. The summed E-state index contributed by atoms with van der Waals surface area (Å²) in [5.74, 6) is 0.0566. The largest absolute Gasteiger partial charge is 0.487 e. The lowest BCUT2D eigenvalue weighted by Gasteiger charge is -2.24. The minimum atomic E-state index is -0.678. The van der Waals surface area contributed by atoms with Crippen molar-refractivity contribution in [2.24, 2.45) is 4.99 Å². The molecule has 4 aromatic rings. The normalized spacial score (nSPS) is 14.9. The Hall–Kier alpha value is -2.69. The van der Waals surface area contributed by atoms with Crippen LogP contribution in [0.4, 0.5) is 0 Å². The highest BCUT2D eigenvalue weighted by Crippen LogP contribution is 2.35. The van der Waals surface area contributed by atoms with Gasteiger partial charge in [0.25, 0.3) is 5.56 Å². The van der Waals surface area contributed by atoms with Crippen LogP contribution in [-0.2, 0) is 16.1 Å². The van der Waals surface area contributed by atoms with E-state index in [4.69, 9.17) is 32.7 Å². The van der Waals surface area contributed by atoms with Gasteiger partial charge in [0, 0.05) is 10.0 Å². The molecule has 11 heteroatoms. The Morgan fingerprint density at radius 2 is 1.81 bits per heavy atom. The average Bonchev–Trinajstić information content (AvgIpc) is 3.24. The summed E-state index contributed by atoms with van der Waals surface area (Å²) < 4.78 is 15.1. The fourth-order valence-corrected chi connectivity index (χ4v) is 7.35. The van der Waals surface area contributed by atoms with Crippen molar-refractivity contribution in [2.75, 3.05) is 6.61 Å². The topological polar surface area (TPSA) is 69.9 Å². The zero-order valence-corrected chi connectivity index (χ0v) is 28.2. The maximum absolute atomic E-state index is 14.0. The Morgan fingerprint density at radius 1 is 1.07 bits per heavy atom. The molecule has 42 heavy (non-hydrogen) atoms. The Bertz CT molecular complexity index is 1920. The number of aryl methyl sites for hydroxylation is 1. The molecular weight excluding hydrogens is 727 g/mol. The Balaban J connectivity index is 1.63. The van der Waals surface area contributed by atoms with Gasteiger partial charge >= 0.3 is 5.97 Å². The third-order valence-corrected chi connectivity index (χ3v) is 9.37. The van der Waals surface area contributed by atoms with Gasteiger partial charge < -0.3 is 9.47 Å². The number of esters is 1. The van der Waals surface area contributed by atoms with Gasteiger partial charge in [-0.05, 0) is 78.2 Å². The second kappa shape index (κ2) is 12.9. The van der Waals surface area contributed by atoms with Gasteiger partial charge in [-0.15, -0.1) is 0 Å². The lowest BCUT2D eigenvalue weighted by Crippen LogP contribution is -2.39. The molecule has 1 atom stereocenters. The third-order valence-electron chi connectivity index (χ3n) is 6.60. The van der Waals surface area contributed by atoms with Crippen LogP contribution in [0.1, 0.15) is 42.1 Å². The fourth-order valence-electron chi connectivity index (χ4n) is 4.62. The average molecular weight is 751 g/mol. The van der Waals surface area contributed by atoms with Crippen LogP contribution < -0.4 is 19.6 Å². The first-order valence-corrected chi connectivity index (χ1v) is 16.0. The number of hydrogen-bond donors (Lipinski definition) is 0. The molecule has 0 spiro atoms. The van der Waals surface area contributed by atoms with Gasteiger partial charge in [-0.2, -0.15) is 0 Å². The number of thiazole rings is 1. The van der Waals surface area contributed by atoms with Crippen LogP contribution in [0.25, 0.3) is 6.08 Å². The number of carbonyl (C=O) groups is 1. The van der Waals surface area contributed by atoms with Gasteiger partial charge in [0.15, 0.2) is 4.80 Å². The van der Waals surface area contributed by atoms with Gasteiger partial charge in [-0.25, -0.2) is 9.79 Å². The standard InChI is InChI=1S/C31H24Br2Cl2N2O4S/c1-4-40-30(39)26-17(3)36-31-37(27(26)19-8-5-16(2)6-9-19)29(38)25(42-31)13-20-12-21(32)14-22(33)28(20)41-15-18-7-10-23(34)24(35)11-18/h5-14,27H,4,15H2,1-3H3/b25-13-/t27-/m0/s1. The number of carbonyl (C=O) groups excluding carboxylic acids is 1. The predicted molar refractivity (Wildman–Crippen MR) is 174 cm³/mol. The van der Waals surface area contributed by atoms with Crippen LogP contribution in [0.15, 0.2) is 84.6 Å². The number of aromatic nitrogens is 1. The molecule has 6 nitrogen and oxygen atoms in total. The lowest BCUT2D eigenvalue weighted by atomic mass is 9.95. The summed E-state index contributed by atoms with van der Waals surface area (Å²) in [7, 11) is 0. The van der Waals surface area contributed by atoms with Crippen molar-refractivity contribution in [3.05, 3.63) is 127 Å². The Morgan fingerprint density at radius 3 is 2.50 bits per heavy atom. The van der Waals surface area contributed by atoms with E-state index in [0.717, 1.165) is 21.2 Å². The molecule has 5 rings (SSSR count). The molecule has 0 fully saturated rings. The van der Waals surface area contributed by atoms with E-state index in [-0.39, 0.29) is 18.8 Å². The van der Waals surface area contributed by atoms with Crippen LogP contribution in [0.3, 0.4) is 0 Å². The van der Waals surface area contributed by atoms with Gasteiger partial charge in [0.1, 0.15) is 12.4 Å². The van der Waals surface area contributed by atoms with Crippen molar-refractivity contribution in [3.63, 3.8) is 0 Å². The minimum absolute atomic E-state index is 0.212. The van der Waals surface area contributed by atoms with Crippen molar-refractivity contribution in [3.8, 4) is 5.75 Å². The highest BCUT2D eigenvalue weighted by Gasteiger charge is 2.33. The van der Waals surface area contributed by atoms with Gasteiger partial charge in [-0.1, -0.05) is 86.4 Å². The van der Waals surface area contributed by atoms with E-state index >= 15 is 0 Å². The van der Waals surface area contributed by atoms with Crippen LogP contribution in [-0.4, -0.2) is 17.1 Å². The number of rotatable bonds is 7. The van der Waals surface area contributed by atoms with E-state index in [1.165, 1.54) is 11.3 Å². The zero-order chi connectivity index (χ0) is 30.1. The molecule has 2 heterocycles. The monoisotopic (exact) mass is 748 g/mol. The summed E-state index contributed by atoms with van der Waals surface area (Å²) in [6.07, 6.45) is 1.78. The molecule has 0 radical (unpaired) electrons. The van der Waals surface area contributed by atoms with E-state index in [9.17, 15) is 9.59 Å². The lowest BCUT2D eigenvalue weighted by molar-refractivity contribution is -0.139. The molecule has 216 valence electrons. The number of hydrogen-bond acceptors (Lipinski definition) is 6. The van der Waals surface area contributed by atoms with Gasteiger partial charge in [-0.3, -0.25) is 9.36 Å². The van der Waals surface area contributed by atoms with E-state index in [0.29, 0.717) is 46.4 Å². The Kier molecular flexibility index (Phi) is 9.44. The predicted octanol–water partition coefficient (Wildman–Crippen LogP) is 7.52. The van der Waals surface area contributed by atoms with E-state index < -0.39 is 12.0 Å². The molecule has 0 saturated heterocycles. The number of ether oxygens (including phenoxy) is 2. The van der Waals surface area contributed by atoms with Crippen LogP contribution in [0.5, 0.6) is 5.75 Å². The van der Waals surface area contributed by atoms with Crippen LogP contribution >= 0.6 is 66.4 Å². The van der Waals surface area contributed by atoms with E-state index in [1.807, 2.05) is 49.4 Å². The summed E-state index contributed by atoms with van der Waals surface area (Å²) in [4.78, 5) is 32.3. The Labute approximate surface area is 273 Å². The SMILES string of the molecule is CCOC(=O)C1=C(C)N=c2s/c(=C\c3cc(Br)cc(Br)c3OCc3ccc(Cl)c(Cl)c3)c(=O)n2[C@H]1c1ccc(C)cc1. The first kappa shape index (κ1) is 30.8. The number of halogens is 4. The van der Waals surface area contributed by atoms with Crippen molar-refractivity contribution in [1.82, 2.24) is 4.57 Å². The van der Waals surface area contributed by atoms with E-state index in [2.05, 4.69) is 36.9 Å². The quantitative estimate of drug-likeness (QED) is 0.184. The first-order chi connectivity index (χ1) is 20.1. The highest BCUT2D eigenvalue weighted by atomic mass is 79.9. The van der Waals surface area contributed by atoms with Crippen molar-refractivity contribution in [2.45, 2.75) is 33.4 Å². The highest BCUT2D eigenvalue weighted by molar-refractivity contribution is 9.11. The molecule has 1 aliphatic rings. The number of allylic oxidation sites excluding steroid dienone is 1. The molecule has 1 aromatic heterocycles. The van der Waals surface area contributed by atoms with Crippen molar-refractivity contribution >= 4 is 78.4 Å². The van der Waals surface area contributed by atoms with Crippen LogP contribution in [0.2, 0.25) is 10.0 Å².